The number of aryl methyl sites for hydroxylation is 2. The number of ketones is 1. The summed E-state index contributed by atoms with van der Waals surface area (Å²) in [6.07, 6.45) is 0.738. The van der Waals surface area contributed by atoms with E-state index in [4.69, 9.17) is 4.74 Å². The number of aliphatic hydroxyl groups is 1. The van der Waals surface area contributed by atoms with Gasteiger partial charge < -0.3 is 25.8 Å². The van der Waals surface area contributed by atoms with E-state index in [1.54, 1.807) is 6.92 Å². The van der Waals surface area contributed by atoms with E-state index in [2.05, 4.69) is 16.0 Å². The molecule has 1 atom stereocenters. The fraction of sp³-hybridized carbons (Fsp3) is 0.321. The van der Waals surface area contributed by atoms with Crippen LogP contribution in [0.2, 0.25) is 0 Å². The third-order valence-corrected chi connectivity index (χ3v) is 6.49. The Hall–Kier alpha value is -4.07. The highest BCUT2D eigenvalue weighted by molar-refractivity contribution is 6.02. The Balaban J connectivity index is 1.60. The minimum atomic E-state index is -0.714. The van der Waals surface area contributed by atoms with E-state index in [-0.39, 0.29) is 36.7 Å². The maximum atomic E-state index is 13.0. The van der Waals surface area contributed by atoms with Crippen molar-refractivity contribution in [2.75, 3.05) is 13.2 Å². The smallest absolute Gasteiger partial charge is 0.319 e. The number of benzene rings is 2. The van der Waals surface area contributed by atoms with E-state index in [0.29, 0.717) is 24.2 Å². The lowest BCUT2D eigenvalue weighted by Gasteiger charge is -2.22. The van der Waals surface area contributed by atoms with E-state index in [1.807, 2.05) is 56.3 Å². The summed E-state index contributed by atoms with van der Waals surface area (Å²) in [4.78, 5) is 37.9. The molecule has 4 rings (SSSR count). The second-order valence-electron chi connectivity index (χ2n) is 9.03. The summed E-state index contributed by atoms with van der Waals surface area (Å²) in [5, 5.41) is 18.9. The number of nitrogens with one attached hydrogen (secondary N) is 3. The van der Waals surface area contributed by atoms with Gasteiger partial charge in [0.05, 0.1) is 24.8 Å². The molecular formula is C28H31N3O5. The van der Waals surface area contributed by atoms with E-state index in [1.165, 1.54) is 0 Å². The Bertz CT molecular complexity index is 1260. The molecule has 2 aromatic carbocycles. The number of aliphatic hydroxyl groups excluding tert-OH is 1. The Morgan fingerprint density at radius 1 is 1.14 bits per heavy atom. The molecule has 188 valence electrons. The number of urea groups is 1. The summed E-state index contributed by atoms with van der Waals surface area (Å²) >= 11 is 0. The number of Topliss-reactive ketones (excluding diaryl/α,β-unsaturated/α-hetero) is 1. The zero-order valence-electron chi connectivity index (χ0n) is 20.7. The molecule has 1 aliphatic heterocycles. The third-order valence-electron chi connectivity index (χ3n) is 6.49. The molecule has 1 heterocycles. The monoisotopic (exact) mass is 489 g/mol. The van der Waals surface area contributed by atoms with Gasteiger partial charge in [-0.3, -0.25) is 9.59 Å². The molecule has 4 N–H and O–H groups in total. The molecular weight excluding hydrogens is 458 g/mol. The molecule has 0 spiro atoms. The number of amides is 2. The summed E-state index contributed by atoms with van der Waals surface area (Å²) in [7, 11) is 0. The van der Waals surface area contributed by atoms with Crippen LogP contribution < -0.4 is 16.0 Å². The largest absolute Gasteiger partial charge is 0.504 e. The molecule has 2 aromatic rings. The first-order valence-corrected chi connectivity index (χ1v) is 12.1. The van der Waals surface area contributed by atoms with Gasteiger partial charge in [-0.2, -0.15) is 0 Å². The van der Waals surface area contributed by atoms with Crippen molar-refractivity contribution in [3.05, 3.63) is 81.9 Å². The van der Waals surface area contributed by atoms with Crippen molar-refractivity contribution in [1.82, 2.24) is 16.0 Å². The Kier molecular flexibility index (Phi) is 7.43. The first-order valence-electron chi connectivity index (χ1n) is 12.1. The number of ether oxygens (including phenoxy) is 1. The van der Waals surface area contributed by atoms with Gasteiger partial charge in [-0.15, -0.1) is 0 Å². The van der Waals surface area contributed by atoms with Gasteiger partial charge in [-0.05, 0) is 66.6 Å². The van der Waals surface area contributed by atoms with Crippen LogP contribution in [0, 0.1) is 13.8 Å². The lowest BCUT2D eigenvalue weighted by molar-refractivity contribution is -0.143. The summed E-state index contributed by atoms with van der Waals surface area (Å²) < 4.78 is 5.13. The van der Waals surface area contributed by atoms with Gasteiger partial charge in [0, 0.05) is 13.0 Å². The highest BCUT2D eigenvalue weighted by atomic mass is 16.5. The lowest BCUT2D eigenvalue weighted by Crippen LogP contribution is -2.41. The van der Waals surface area contributed by atoms with Crippen molar-refractivity contribution in [3.63, 3.8) is 0 Å². The van der Waals surface area contributed by atoms with E-state index in [0.717, 1.165) is 27.8 Å². The van der Waals surface area contributed by atoms with Crippen molar-refractivity contribution in [3.8, 4) is 11.1 Å². The number of carbonyl (C=O) groups is 3. The van der Waals surface area contributed by atoms with Crippen molar-refractivity contribution in [2.24, 2.45) is 0 Å². The highest BCUT2D eigenvalue weighted by Crippen LogP contribution is 2.31. The topological polar surface area (TPSA) is 117 Å². The zero-order valence-corrected chi connectivity index (χ0v) is 20.7. The molecule has 8 heteroatoms. The molecule has 2 aliphatic rings. The van der Waals surface area contributed by atoms with Crippen LogP contribution in [0.25, 0.3) is 11.1 Å². The summed E-state index contributed by atoms with van der Waals surface area (Å²) in [5.41, 5.74) is 6.21. The van der Waals surface area contributed by atoms with Crippen LogP contribution in [0.1, 0.15) is 48.9 Å². The number of hydrogen-bond donors (Lipinski definition) is 4. The lowest BCUT2D eigenvalue weighted by atomic mass is 9.92. The molecule has 0 fully saturated rings. The predicted octanol–water partition coefficient (Wildman–Crippen LogP) is 4.25. The fourth-order valence-electron chi connectivity index (χ4n) is 4.81. The van der Waals surface area contributed by atoms with Gasteiger partial charge in [0.25, 0.3) is 0 Å². The van der Waals surface area contributed by atoms with Crippen LogP contribution in [-0.4, -0.2) is 36.0 Å². The van der Waals surface area contributed by atoms with Gasteiger partial charge in [-0.25, -0.2) is 4.79 Å². The summed E-state index contributed by atoms with van der Waals surface area (Å²) in [6, 6.07) is 12.3. The van der Waals surface area contributed by atoms with Gasteiger partial charge in [0.1, 0.15) is 5.70 Å². The van der Waals surface area contributed by atoms with Crippen LogP contribution in [0.3, 0.4) is 0 Å². The van der Waals surface area contributed by atoms with E-state index >= 15 is 0 Å². The van der Waals surface area contributed by atoms with Crippen molar-refractivity contribution >= 4 is 17.8 Å². The fourth-order valence-corrected chi connectivity index (χ4v) is 4.81. The molecule has 0 bridgehead atoms. The highest BCUT2D eigenvalue weighted by Gasteiger charge is 2.32. The standard InChI is InChI=1S/C28H31N3O5/c1-4-36-23(33)15-21(18-9-6-10-19(13-18)24-16(2)7-5-8-17(24)3)30-28(35)31-26-22(32)14-20-11-12-29-25(20)27(26)34/h5-10,13,21,29,34H,4,11-12,14-15H2,1-3H3,(H2,30,31,35)/t21-/m0/s1. The van der Waals surface area contributed by atoms with Crippen LogP contribution >= 0.6 is 0 Å². The quantitative estimate of drug-likeness (QED) is 0.432. The van der Waals surface area contributed by atoms with Crippen LogP contribution in [-0.2, 0) is 14.3 Å². The third kappa shape index (κ3) is 5.27. The second-order valence-corrected chi connectivity index (χ2v) is 9.03. The minimum absolute atomic E-state index is 0.0900. The predicted molar refractivity (Wildman–Crippen MR) is 136 cm³/mol. The SMILES string of the molecule is CCOC(=O)C[C@H](NC(=O)NC1=C(O)C2=C(CCN2)CC1=O)c1cccc(-c2c(C)cccc2C)c1. The van der Waals surface area contributed by atoms with Crippen molar-refractivity contribution in [1.29, 1.82) is 0 Å². The second kappa shape index (κ2) is 10.7. The van der Waals surface area contributed by atoms with Crippen LogP contribution in [0.5, 0.6) is 0 Å². The molecule has 0 radical (unpaired) electrons. The van der Waals surface area contributed by atoms with Gasteiger partial charge in [0.15, 0.2) is 11.5 Å². The Morgan fingerprint density at radius 3 is 2.58 bits per heavy atom. The molecule has 0 aromatic heterocycles. The van der Waals surface area contributed by atoms with Crippen molar-refractivity contribution in [2.45, 2.75) is 46.1 Å². The first-order chi connectivity index (χ1) is 17.3. The number of hydrogen-bond acceptors (Lipinski definition) is 6. The Labute approximate surface area is 210 Å². The van der Waals surface area contributed by atoms with E-state index < -0.39 is 18.0 Å². The van der Waals surface area contributed by atoms with Gasteiger partial charge in [-0.1, -0.05) is 36.4 Å². The van der Waals surface area contributed by atoms with Gasteiger partial charge >= 0.3 is 12.0 Å². The normalized spacial score (nSPS) is 15.8. The molecule has 36 heavy (non-hydrogen) atoms. The van der Waals surface area contributed by atoms with Gasteiger partial charge in [0.2, 0.25) is 0 Å². The zero-order chi connectivity index (χ0) is 25.8. The molecule has 0 unspecified atom stereocenters. The first kappa shape index (κ1) is 25.0. The van der Waals surface area contributed by atoms with Crippen LogP contribution in [0.4, 0.5) is 4.79 Å². The van der Waals surface area contributed by atoms with Crippen LogP contribution in [0.15, 0.2) is 65.2 Å². The summed E-state index contributed by atoms with van der Waals surface area (Å²) in [6.45, 7) is 6.66. The Morgan fingerprint density at radius 2 is 1.86 bits per heavy atom. The van der Waals surface area contributed by atoms with E-state index in [9.17, 15) is 19.5 Å². The minimum Gasteiger partial charge on any atom is -0.504 e. The average molecular weight is 490 g/mol. The maximum absolute atomic E-state index is 13.0. The summed E-state index contributed by atoms with van der Waals surface area (Å²) in [5.74, 6) is -1.07. The number of allylic oxidation sites excluding steroid dienone is 1. The molecule has 8 nitrogen and oxygen atoms in total. The number of esters is 1. The molecule has 2 amide bonds. The number of rotatable bonds is 7. The van der Waals surface area contributed by atoms with Crippen molar-refractivity contribution < 1.29 is 24.2 Å². The molecule has 0 saturated heterocycles. The maximum Gasteiger partial charge on any atom is 0.319 e. The number of carbonyl (C=O) groups excluding carboxylic acids is 3. The average Bonchev–Trinajstić information content (AvgIpc) is 3.30. The molecule has 0 saturated carbocycles. The molecule has 1 aliphatic carbocycles.